The third kappa shape index (κ3) is 5.03. The monoisotopic (exact) mass is 580 g/mol. The lowest BCUT2D eigenvalue weighted by Crippen LogP contribution is -2.43. The maximum Gasteiger partial charge on any atom is 0.355 e. The molecule has 2 aromatic carbocycles. The third-order valence-electron chi connectivity index (χ3n) is 6.98. The van der Waals surface area contributed by atoms with Crippen LogP contribution in [0, 0.1) is 11.3 Å². The van der Waals surface area contributed by atoms with Crippen molar-refractivity contribution in [1.82, 2.24) is 4.31 Å². The molecule has 2 heterocycles. The predicted molar refractivity (Wildman–Crippen MR) is 145 cm³/mol. The van der Waals surface area contributed by atoms with Gasteiger partial charge in [-0.15, -0.1) is 0 Å². The van der Waals surface area contributed by atoms with Crippen LogP contribution in [0.1, 0.15) is 24.3 Å². The minimum absolute atomic E-state index is 0.0500. The number of nitrogens with zero attached hydrogens (tertiary/aromatic N) is 3. The second-order valence-corrected chi connectivity index (χ2v) is 11.0. The number of carbonyl (C=O) groups excluding carboxylic acids is 3. The van der Waals surface area contributed by atoms with Gasteiger partial charge in [-0.1, -0.05) is 42.5 Å². The van der Waals surface area contributed by atoms with Crippen molar-refractivity contribution in [3.63, 3.8) is 0 Å². The highest BCUT2D eigenvalue weighted by Gasteiger charge is 2.46. The van der Waals surface area contributed by atoms with Gasteiger partial charge < -0.3 is 19.9 Å². The smallest absolute Gasteiger partial charge is 0.355 e. The molecule has 13 heteroatoms. The molecule has 0 amide bonds. The van der Waals surface area contributed by atoms with Crippen LogP contribution < -0.4 is 10.6 Å². The number of nitrogens with two attached hydrogens (primary N) is 1. The van der Waals surface area contributed by atoms with Crippen LogP contribution in [-0.2, 0) is 38.6 Å². The standard InChI is InChI=1S/C28H28N4O8S/c1-38-26(33)20-13-9-15-31(20)41(36,37)21-14-8-7-12-19(21)32-24(28(35)40-3)23(27(34)39-2)22(18(16-29)25(32)30)17-10-5-4-6-11-17/h4-8,10-12,14,20,22H,9,13,15,30H2,1-3H3. The molecule has 0 spiro atoms. The summed E-state index contributed by atoms with van der Waals surface area (Å²) in [6, 6.07) is 15.0. The Balaban J connectivity index is 2.04. The summed E-state index contributed by atoms with van der Waals surface area (Å²) >= 11 is 0. The Hall–Kier alpha value is -4.67. The van der Waals surface area contributed by atoms with Crippen molar-refractivity contribution in [3.8, 4) is 6.07 Å². The van der Waals surface area contributed by atoms with E-state index in [0.717, 1.165) is 23.4 Å². The van der Waals surface area contributed by atoms with Crippen molar-refractivity contribution < 1.29 is 37.0 Å². The number of benzene rings is 2. The number of methoxy groups -OCH3 is 3. The first-order chi connectivity index (χ1) is 19.6. The number of esters is 3. The Kier molecular flexibility index (Phi) is 8.46. The van der Waals surface area contributed by atoms with E-state index >= 15 is 0 Å². The van der Waals surface area contributed by atoms with Gasteiger partial charge in [0.05, 0.1) is 50.2 Å². The molecule has 0 saturated carbocycles. The normalized spacial score (nSPS) is 19.5. The van der Waals surface area contributed by atoms with E-state index in [-0.39, 0.29) is 40.5 Å². The predicted octanol–water partition coefficient (Wildman–Crippen LogP) is 1.91. The van der Waals surface area contributed by atoms with E-state index in [0.29, 0.717) is 12.0 Å². The van der Waals surface area contributed by atoms with Gasteiger partial charge in [0, 0.05) is 6.54 Å². The fourth-order valence-electron chi connectivity index (χ4n) is 5.15. The molecule has 214 valence electrons. The third-order valence-corrected chi connectivity index (χ3v) is 8.94. The molecule has 2 aliphatic rings. The van der Waals surface area contributed by atoms with E-state index < -0.39 is 45.6 Å². The number of anilines is 1. The number of allylic oxidation sites excluding steroid dienone is 1. The molecule has 1 saturated heterocycles. The van der Waals surface area contributed by atoms with Gasteiger partial charge >= 0.3 is 17.9 Å². The Morgan fingerprint density at radius 1 is 0.951 bits per heavy atom. The topological polar surface area (TPSA) is 169 Å². The number of rotatable bonds is 7. The molecule has 4 rings (SSSR count). The average molecular weight is 581 g/mol. The highest BCUT2D eigenvalue weighted by molar-refractivity contribution is 7.89. The molecular formula is C28H28N4O8S. The highest BCUT2D eigenvalue weighted by atomic mass is 32.2. The molecule has 2 aliphatic heterocycles. The number of ether oxygens (including phenoxy) is 3. The Morgan fingerprint density at radius 3 is 2.20 bits per heavy atom. The molecule has 41 heavy (non-hydrogen) atoms. The number of nitriles is 1. The van der Waals surface area contributed by atoms with E-state index in [1.807, 2.05) is 6.07 Å². The van der Waals surface area contributed by atoms with Crippen LogP contribution in [0.3, 0.4) is 0 Å². The Bertz CT molecular complexity index is 1590. The largest absolute Gasteiger partial charge is 0.468 e. The summed E-state index contributed by atoms with van der Waals surface area (Å²) in [5.41, 5.74) is 6.07. The van der Waals surface area contributed by atoms with E-state index in [4.69, 9.17) is 19.9 Å². The second-order valence-electron chi connectivity index (χ2n) is 9.10. The Labute approximate surface area is 237 Å². The second kappa shape index (κ2) is 11.8. The minimum atomic E-state index is -4.40. The van der Waals surface area contributed by atoms with Crippen LogP contribution in [0.25, 0.3) is 0 Å². The van der Waals surface area contributed by atoms with Crippen LogP contribution in [0.4, 0.5) is 5.69 Å². The first-order valence-electron chi connectivity index (χ1n) is 12.5. The number of sulfonamides is 1. The molecular weight excluding hydrogens is 552 g/mol. The van der Waals surface area contributed by atoms with Gasteiger partial charge in [0.2, 0.25) is 10.0 Å². The van der Waals surface area contributed by atoms with Crippen molar-refractivity contribution in [1.29, 1.82) is 5.26 Å². The zero-order chi connectivity index (χ0) is 29.9. The fraction of sp³-hybridized carbons (Fsp3) is 0.286. The molecule has 2 unspecified atom stereocenters. The van der Waals surface area contributed by atoms with Gasteiger partial charge in [-0.25, -0.2) is 18.0 Å². The lowest BCUT2D eigenvalue weighted by atomic mass is 9.81. The van der Waals surface area contributed by atoms with Crippen LogP contribution in [-0.4, -0.2) is 64.5 Å². The average Bonchev–Trinajstić information content (AvgIpc) is 3.51. The number of para-hydroxylation sites is 1. The van der Waals surface area contributed by atoms with Gasteiger partial charge in [-0.2, -0.15) is 9.57 Å². The summed E-state index contributed by atoms with van der Waals surface area (Å²) in [4.78, 5) is 39.8. The van der Waals surface area contributed by atoms with E-state index in [1.54, 1.807) is 30.3 Å². The summed E-state index contributed by atoms with van der Waals surface area (Å²) < 4.78 is 44.0. The summed E-state index contributed by atoms with van der Waals surface area (Å²) in [6.07, 6.45) is 0.682. The molecule has 0 aliphatic carbocycles. The van der Waals surface area contributed by atoms with Crippen molar-refractivity contribution >= 4 is 33.6 Å². The number of hydrogen-bond acceptors (Lipinski definition) is 11. The molecule has 2 N–H and O–H groups in total. The van der Waals surface area contributed by atoms with Gasteiger partial charge in [0.1, 0.15) is 22.5 Å². The van der Waals surface area contributed by atoms with E-state index in [9.17, 15) is 28.1 Å². The van der Waals surface area contributed by atoms with Gasteiger partial charge in [-0.3, -0.25) is 9.69 Å². The summed E-state index contributed by atoms with van der Waals surface area (Å²) in [7, 11) is -1.02. The number of hydrogen-bond donors (Lipinski definition) is 1. The van der Waals surface area contributed by atoms with Gasteiger partial charge in [0.15, 0.2) is 0 Å². The first-order valence-corrected chi connectivity index (χ1v) is 13.9. The Morgan fingerprint density at radius 2 is 1.59 bits per heavy atom. The summed E-state index contributed by atoms with van der Waals surface area (Å²) in [5, 5.41) is 10.3. The molecule has 12 nitrogen and oxygen atoms in total. The van der Waals surface area contributed by atoms with Gasteiger partial charge in [-0.05, 0) is 30.5 Å². The molecule has 0 aromatic heterocycles. The van der Waals surface area contributed by atoms with Crippen molar-refractivity contribution in [2.75, 3.05) is 32.8 Å². The van der Waals surface area contributed by atoms with Crippen LogP contribution in [0.2, 0.25) is 0 Å². The van der Waals surface area contributed by atoms with Crippen molar-refractivity contribution in [2.24, 2.45) is 5.73 Å². The maximum absolute atomic E-state index is 14.0. The minimum Gasteiger partial charge on any atom is -0.468 e. The number of carbonyl (C=O) groups is 3. The van der Waals surface area contributed by atoms with Crippen LogP contribution in [0.15, 0.2) is 82.2 Å². The van der Waals surface area contributed by atoms with Crippen LogP contribution in [0.5, 0.6) is 0 Å². The molecule has 2 aromatic rings. The lowest BCUT2D eigenvalue weighted by molar-refractivity contribution is -0.144. The van der Waals surface area contributed by atoms with Gasteiger partial charge in [0.25, 0.3) is 0 Å². The van der Waals surface area contributed by atoms with E-state index in [1.165, 1.54) is 31.4 Å². The zero-order valence-corrected chi connectivity index (χ0v) is 23.4. The quantitative estimate of drug-likeness (QED) is 0.375. The first kappa shape index (κ1) is 29.3. The molecule has 0 radical (unpaired) electrons. The van der Waals surface area contributed by atoms with E-state index in [2.05, 4.69) is 0 Å². The summed E-state index contributed by atoms with van der Waals surface area (Å²) in [6.45, 7) is 0.0500. The molecule has 0 bridgehead atoms. The SMILES string of the molecule is COC(=O)C1=C(C(=O)OC)N(c2ccccc2S(=O)(=O)N2CCCC2C(=O)OC)C(N)=C(C#N)C1c1ccccc1. The van der Waals surface area contributed by atoms with Crippen LogP contribution >= 0.6 is 0 Å². The maximum atomic E-state index is 14.0. The molecule has 2 atom stereocenters. The lowest BCUT2D eigenvalue weighted by Gasteiger charge is -2.37. The highest BCUT2D eigenvalue weighted by Crippen LogP contribution is 2.45. The summed E-state index contributed by atoms with van der Waals surface area (Å²) in [5.74, 6) is -4.09. The molecule has 1 fully saturated rings. The van der Waals surface area contributed by atoms with Crippen molar-refractivity contribution in [2.45, 2.75) is 29.7 Å². The fourth-order valence-corrected chi connectivity index (χ4v) is 6.97. The zero-order valence-electron chi connectivity index (χ0n) is 22.6. The van der Waals surface area contributed by atoms with Crippen molar-refractivity contribution in [3.05, 3.63) is 82.8 Å².